The molecule has 0 unspecified atom stereocenters. The van der Waals surface area contributed by atoms with Crippen LogP contribution in [0.1, 0.15) is 25.7 Å². The molecule has 178 valence electrons. The van der Waals surface area contributed by atoms with Gasteiger partial charge >= 0.3 is 0 Å². The Kier molecular flexibility index (Phi) is 7.95. The molecular formula is C22H27Br2N5O2S2. The van der Waals surface area contributed by atoms with Gasteiger partial charge in [0.15, 0.2) is 0 Å². The minimum Gasteiger partial charge on any atom is -0.362 e. The van der Waals surface area contributed by atoms with Crippen LogP contribution in [0.15, 0.2) is 42.8 Å². The molecule has 0 atom stereocenters. The number of fused-ring (bicyclic) bond motifs is 1. The third-order valence-corrected chi connectivity index (χ3v) is 11.1. The summed E-state index contributed by atoms with van der Waals surface area (Å²) in [4.78, 5) is 11.4. The summed E-state index contributed by atoms with van der Waals surface area (Å²) in [5, 5.41) is 4.47. The van der Waals surface area contributed by atoms with E-state index in [9.17, 15) is 8.42 Å². The van der Waals surface area contributed by atoms with Crippen LogP contribution < -0.4 is 14.9 Å². The molecule has 0 radical (unpaired) electrons. The molecule has 1 fully saturated rings. The van der Waals surface area contributed by atoms with Gasteiger partial charge in [0.2, 0.25) is 16.0 Å². The van der Waals surface area contributed by atoms with Gasteiger partial charge in [-0.25, -0.2) is 18.1 Å². The van der Waals surface area contributed by atoms with E-state index in [4.69, 9.17) is 4.98 Å². The summed E-state index contributed by atoms with van der Waals surface area (Å²) in [7, 11) is 0.506. The minimum atomic E-state index is -3.47. The number of para-hydroxylation sites is 1. The van der Waals surface area contributed by atoms with Crippen molar-refractivity contribution in [2.75, 3.05) is 37.4 Å². The smallest absolute Gasteiger partial charge is 0.250 e. The minimum absolute atomic E-state index is 0.326. The average molecular weight is 617 g/mol. The zero-order chi connectivity index (χ0) is 23.6. The number of aromatic nitrogens is 2. The first-order chi connectivity index (χ1) is 15.7. The maximum atomic E-state index is 12.6. The van der Waals surface area contributed by atoms with E-state index in [1.54, 1.807) is 6.07 Å². The van der Waals surface area contributed by atoms with Crippen molar-refractivity contribution in [2.45, 2.75) is 29.9 Å². The number of nitrogens with zero attached hydrogens (tertiary/aromatic N) is 3. The Balaban J connectivity index is 1.28. The van der Waals surface area contributed by atoms with Gasteiger partial charge in [0.25, 0.3) is 0 Å². The highest BCUT2D eigenvalue weighted by atomic mass is 79.9. The first-order valence-electron chi connectivity index (χ1n) is 10.9. The van der Waals surface area contributed by atoms with Gasteiger partial charge in [-0.2, -0.15) is 4.98 Å². The Hall–Kier alpha value is -1.27. The highest BCUT2D eigenvalue weighted by molar-refractivity contribution is 9.13. The van der Waals surface area contributed by atoms with Gasteiger partial charge < -0.3 is 10.2 Å². The van der Waals surface area contributed by atoms with Crippen LogP contribution in [0.5, 0.6) is 0 Å². The molecule has 11 heteroatoms. The number of halogens is 2. The van der Waals surface area contributed by atoms with Crippen LogP contribution in [0.4, 0.5) is 11.8 Å². The second kappa shape index (κ2) is 10.6. The predicted octanol–water partition coefficient (Wildman–Crippen LogP) is 5.48. The highest BCUT2D eigenvalue weighted by Crippen LogP contribution is 2.35. The lowest BCUT2D eigenvalue weighted by molar-refractivity contribution is 0.284. The lowest BCUT2D eigenvalue weighted by Gasteiger charge is -2.28. The molecule has 1 aliphatic carbocycles. The summed E-state index contributed by atoms with van der Waals surface area (Å²) in [5.74, 6) is 2.45. The Morgan fingerprint density at radius 2 is 1.73 bits per heavy atom. The van der Waals surface area contributed by atoms with Crippen LogP contribution in [-0.2, 0) is 10.0 Å². The van der Waals surface area contributed by atoms with E-state index in [1.807, 2.05) is 43.3 Å². The number of anilines is 2. The standard InChI is InChI=1S/C22H27Br2N5O2S2/c1-29(2)21-16-5-3-4-6-18(16)27-22(28-21)25-12-14-7-9-15(10-8-14)13-26-33(30,31)19-11-17(23)20(24)32-19/h3-6,11,14-15,26H,7-10,12-13H2,1-2H3,(H,25,27,28)/t14-,15-. The fourth-order valence-electron chi connectivity index (χ4n) is 4.11. The topological polar surface area (TPSA) is 87.2 Å². The van der Waals surface area contributed by atoms with Gasteiger partial charge in [-0.05, 0) is 87.6 Å². The van der Waals surface area contributed by atoms with E-state index in [1.165, 1.54) is 11.3 Å². The molecule has 0 bridgehead atoms. The fraction of sp³-hybridized carbons (Fsp3) is 0.455. The number of sulfonamides is 1. The molecule has 3 aromatic rings. The molecule has 1 aliphatic rings. The molecule has 0 spiro atoms. The Labute approximate surface area is 215 Å². The zero-order valence-corrected chi connectivity index (χ0v) is 23.3. The van der Waals surface area contributed by atoms with E-state index in [-0.39, 0.29) is 0 Å². The van der Waals surface area contributed by atoms with E-state index >= 15 is 0 Å². The van der Waals surface area contributed by atoms with Crippen molar-refractivity contribution in [3.8, 4) is 0 Å². The highest BCUT2D eigenvalue weighted by Gasteiger charge is 2.25. The van der Waals surface area contributed by atoms with Crippen molar-refractivity contribution in [3.63, 3.8) is 0 Å². The quantitative estimate of drug-likeness (QED) is 0.349. The predicted molar refractivity (Wildman–Crippen MR) is 143 cm³/mol. The molecule has 0 saturated heterocycles. The molecule has 0 amide bonds. The number of rotatable bonds is 8. The Bertz CT molecular complexity index is 1210. The Morgan fingerprint density at radius 1 is 1.06 bits per heavy atom. The van der Waals surface area contributed by atoms with Crippen LogP contribution in [0, 0.1) is 11.8 Å². The molecule has 2 aromatic heterocycles. The first-order valence-corrected chi connectivity index (χ1v) is 14.7. The van der Waals surface area contributed by atoms with Gasteiger partial charge in [0.1, 0.15) is 10.0 Å². The molecule has 1 aromatic carbocycles. The SMILES string of the molecule is CN(C)c1nc(NC[C@H]2CC[C@H](CNS(=O)(=O)c3cc(Br)c(Br)s3)CC2)nc2ccccc12. The summed E-state index contributed by atoms with van der Waals surface area (Å²) in [5.41, 5.74) is 0.930. The van der Waals surface area contributed by atoms with Gasteiger partial charge in [0, 0.05) is 37.0 Å². The molecule has 33 heavy (non-hydrogen) atoms. The zero-order valence-electron chi connectivity index (χ0n) is 18.5. The molecule has 1 saturated carbocycles. The van der Waals surface area contributed by atoms with Gasteiger partial charge in [-0.1, -0.05) is 12.1 Å². The molecule has 4 rings (SSSR count). The molecule has 7 nitrogen and oxygen atoms in total. The van der Waals surface area contributed by atoms with Crippen LogP contribution in [-0.4, -0.2) is 45.6 Å². The second-order valence-electron chi connectivity index (χ2n) is 8.59. The maximum Gasteiger partial charge on any atom is 0.250 e. The summed E-state index contributed by atoms with van der Waals surface area (Å²) in [6.07, 6.45) is 4.13. The van der Waals surface area contributed by atoms with Crippen LogP contribution in [0.25, 0.3) is 10.9 Å². The lowest BCUT2D eigenvalue weighted by atomic mass is 9.82. The summed E-state index contributed by atoms with van der Waals surface area (Å²) < 4.78 is 29.8. The molecule has 0 aliphatic heterocycles. The van der Waals surface area contributed by atoms with Crippen LogP contribution in [0.2, 0.25) is 0 Å². The number of benzene rings is 1. The van der Waals surface area contributed by atoms with Crippen LogP contribution >= 0.6 is 43.2 Å². The van der Waals surface area contributed by atoms with Crippen LogP contribution in [0.3, 0.4) is 0 Å². The van der Waals surface area contributed by atoms with Gasteiger partial charge in [0.05, 0.1) is 9.30 Å². The number of hydrogen-bond donors (Lipinski definition) is 2. The fourth-order valence-corrected chi connectivity index (χ4v) is 8.09. The van der Waals surface area contributed by atoms with Crippen molar-refractivity contribution in [3.05, 3.63) is 38.6 Å². The third kappa shape index (κ3) is 6.05. The van der Waals surface area contributed by atoms with E-state index in [0.717, 1.165) is 57.2 Å². The van der Waals surface area contributed by atoms with E-state index in [0.29, 0.717) is 28.5 Å². The monoisotopic (exact) mass is 615 g/mol. The van der Waals surface area contributed by atoms with Crippen molar-refractivity contribution in [2.24, 2.45) is 11.8 Å². The third-order valence-electron chi connectivity index (χ3n) is 5.97. The van der Waals surface area contributed by atoms with Gasteiger partial charge in [-0.3, -0.25) is 0 Å². The largest absolute Gasteiger partial charge is 0.362 e. The molecular weight excluding hydrogens is 590 g/mol. The lowest BCUT2D eigenvalue weighted by Crippen LogP contribution is -2.32. The van der Waals surface area contributed by atoms with Gasteiger partial charge in [-0.15, -0.1) is 11.3 Å². The van der Waals surface area contributed by atoms with E-state index < -0.39 is 10.0 Å². The maximum absolute atomic E-state index is 12.6. The number of thiophene rings is 1. The first kappa shape index (κ1) is 24.8. The summed E-state index contributed by atoms with van der Waals surface area (Å²) in [6.45, 7) is 1.30. The summed E-state index contributed by atoms with van der Waals surface area (Å²) >= 11 is 7.92. The molecule has 2 N–H and O–H groups in total. The normalized spacial score (nSPS) is 19.0. The Morgan fingerprint density at radius 3 is 2.36 bits per heavy atom. The average Bonchev–Trinajstić information content (AvgIpc) is 3.15. The number of hydrogen-bond acceptors (Lipinski definition) is 7. The summed E-state index contributed by atoms with van der Waals surface area (Å²) in [6, 6.07) is 9.68. The van der Waals surface area contributed by atoms with E-state index in [2.05, 4.69) is 46.9 Å². The van der Waals surface area contributed by atoms with Crippen molar-refractivity contribution < 1.29 is 8.42 Å². The van der Waals surface area contributed by atoms with Crippen molar-refractivity contribution in [1.82, 2.24) is 14.7 Å². The molecule has 2 heterocycles. The van der Waals surface area contributed by atoms with Crippen molar-refractivity contribution in [1.29, 1.82) is 0 Å². The van der Waals surface area contributed by atoms with Crippen molar-refractivity contribution >= 4 is 75.9 Å². The number of nitrogens with one attached hydrogen (secondary N) is 2. The second-order valence-corrected chi connectivity index (χ2v) is 13.8.